The van der Waals surface area contributed by atoms with Crippen LogP contribution < -0.4 is 16.0 Å². The molecule has 0 radical (unpaired) electrons. The number of piperidine rings is 1. The summed E-state index contributed by atoms with van der Waals surface area (Å²) in [4.78, 5) is 46.6. The first-order valence-corrected chi connectivity index (χ1v) is 21.3. The number of nitrogens with zero attached hydrogens (tertiary/aromatic N) is 7. The van der Waals surface area contributed by atoms with Gasteiger partial charge in [0.1, 0.15) is 22.8 Å². The minimum atomic E-state index is -0.330. The van der Waals surface area contributed by atoms with Gasteiger partial charge in [0.05, 0.1) is 49.8 Å². The smallest absolute Gasteiger partial charge is 0.319 e. The predicted molar refractivity (Wildman–Crippen MR) is 241 cm³/mol. The minimum Gasteiger partial charge on any atom is -0.383 e. The van der Waals surface area contributed by atoms with Crippen LogP contribution in [0.15, 0.2) is 114 Å². The monoisotopic (exact) mass is 834 g/mol. The van der Waals surface area contributed by atoms with Crippen molar-refractivity contribution in [3.63, 3.8) is 0 Å². The summed E-state index contributed by atoms with van der Waals surface area (Å²) in [6.07, 6.45) is 5.56. The highest BCUT2D eigenvalue weighted by molar-refractivity contribution is 7.80. The van der Waals surface area contributed by atoms with Gasteiger partial charge in [-0.1, -0.05) is 18.2 Å². The summed E-state index contributed by atoms with van der Waals surface area (Å²) in [7, 11) is 1.59. The lowest BCUT2D eigenvalue weighted by Crippen LogP contribution is -2.41. The molecular weight excluding hydrogens is 797 g/mol. The average molecular weight is 835 g/mol. The van der Waals surface area contributed by atoms with Crippen LogP contribution in [0.1, 0.15) is 24.3 Å². The van der Waals surface area contributed by atoms with Gasteiger partial charge in [-0.2, -0.15) is 0 Å². The molecule has 2 amide bonds. The number of hydrogen-bond acceptors (Lipinski definition) is 11. The number of benzene rings is 2. The Labute approximate surface area is 353 Å². The van der Waals surface area contributed by atoms with E-state index in [1.54, 1.807) is 42.0 Å². The molecule has 0 saturated carbocycles. The largest absolute Gasteiger partial charge is 0.383 e. The molecule has 9 rings (SSSR count). The molecule has 1 unspecified atom stereocenters. The second-order valence-corrected chi connectivity index (χ2v) is 16.3. The second kappa shape index (κ2) is 17.3. The van der Waals surface area contributed by atoms with E-state index in [9.17, 15) is 4.79 Å². The number of amides is 2. The maximum atomic E-state index is 12.5. The molecule has 1 fully saturated rings. The molecule has 1 atom stereocenters. The van der Waals surface area contributed by atoms with E-state index in [1.165, 1.54) is 0 Å². The normalized spacial score (nSPS) is 14.1. The number of carbonyl (C=O) groups is 1. The fraction of sp³-hybridized carbons (Fsp3) is 0.182. The number of hydrogen-bond donors (Lipinski definition) is 3. The van der Waals surface area contributed by atoms with Crippen LogP contribution in [0.5, 0.6) is 0 Å². The third-order valence-corrected chi connectivity index (χ3v) is 12.2. The van der Waals surface area contributed by atoms with Crippen molar-refractivity contribution in [3.8, 4) is 43.9 Å². The third-order valence-electron chi connectivity index (χ3n) is 10.1. The number of pyridine rings is 2. The second-order valence-electron chi connectivity index (χ2n) is 14.0. The van der Waals surface area contributed by atoms with E-state index in [4.69, 9.17) is 41.9 Å². The number of thiophene rings is 2. The Hall–Kier alpha value is -6.26. The molecule has 0 bridgehead atoms. The molecule has 59 heavy (non-hydrogen) atoms. The number of urea groups is 1. The number of fused-ring (bicyclic) bond motifs is 2. The van der Waals surface area contributed by atoms with Crippen molar-refractivity contribution in [2.75, 3.05) is 44.0 Å². The van der Waals surface area contributed by atoms with Crippen LogP contribution in [0, 0.1) is 0 Å². The summed E-state index contributed by atoms with van der Waals surface area (Å²) in [6, 6.07) is 29.4. The van der Waals surface area contributed by atoms with Crippen LogP contribution in [0.25, 0.3) is 66.0 Å². The number of methoxy groups -OCH3 is 1. The molecule has 6 aromatic heterocycles. The molecule has 3 N–H and O–H groups in total. The van der Waals surface area contributed by atoms with E-state index in [0.717, 1.165) is 69.4 Å². The van der Waals surface area contributed by atoms with Crippen molar-refractivity contribution in [1.82, 2.24) is 40.1 Å². The number of thiocarbonyl (C=S) groups is 1. The number of aromatic nitrogens is 6. The molecule has 2 aromatic carbocycles. The van der Waals surface area contributed by atoms with Gasteiger partial charge in [0, 0.05) is 56.4 Å². The maximum absolute atomic E-state index is 12.5. The summed E-state index contributed by atoms with van der Waals surface area (Å²) < 4.78 is 5.04. The summed E-state index contributed by atoms with van der Waals surface area (Å²) >= 11 is 9.36. The molecule has 7 heterocycles. The number of ether oxygens (including phenoxy) is 1. The zero-order chi connectivity index (χ0) is 40.1. The van der Waals surface area contributed by atoms with E-state index >= 15 is 0 Å². The Morgan fingerprint density at radius 3 is 2.08 bits per heavy atom. The van der Waals surface area contributed by atoms with Crippen LogP contribution in [0.2, 0.25) is 0 Å². The highest BCUT2D eigenvalue weighted by atomic mass is 32.1. The summed E-state index contributed by atoms with van der Waals surface area (Å²) in [5.74, 6) is 0.205. The van der Waals surface area contributed by atoms with Gasteiger partial charge in [0.25, 0.3) is 0 Å². The van der Waals surface area contributed by atoms with Crippen molar-refractivity contribution in [2.45, 2.75) is 18.8 Å². The Morgan fingerprint density at radius 2 is 1.41 bits per heavy atom. The molecule has 12 nitrogen and oxygen atoms in total. The highest BCUT2D eigenvalue weighted by Gasteiger charge is 2.25. The van der Waals surface area contributed by atoms with Crippen LogP contribution in [0.3, 0.4) is 0 Å². The lowest BCUT2D eigenvalue weighted by Gasteiger charge is -2.35. The predicted octanol–water partition coefficient (Wildman–Crippen LogP) is 9.50. The Morgan fingerprint density at radius 1 is 0.746 bits per heavy atom. The quantitative estimate of drug-likeness (QED) is 0.0896. The number of anilines is 2. The van der Waals surface area contributed by atoms with E-state index in [0.29, 0.717) is 57.8 Å². The molecule has 15 heteroatoms. The van der Waals surface area contributed by atoms with Gasteiger partial charge < -0.3 is 25.6 Å². The SMILES string of the molecule is COCCNC(=O)Nc1ccc2nc(-c3ccccn3)c(-c3cc(C4CCCN(C(=S)Nc5ccc6nc(-c7cccs7)c(-c7cccs7)nc6c5)C4)ccn3)nc2c1. The summed E-state index contributed by atoms with van der Waals surface area (Å²) in [5, 5.41) is 13.9. The van der Waals surface area contributed by atoms with Crippen LogP contribution in [-0.4, -0.2) is 79.3 Å². The molecular formula is C44H38N10O2S3. The first-order chi connectivity index (χ1) is 29.0. The lowest BCUT2D eigenvalue weighted by atomic mass is 9.90. The number of likely N-dealkylation sites (tertiary alicyclic amines) is 1. The maximum Gasteiger partial charge on any atom is 0.319 e. The van der Waals surface area contributed by atoms with Crippen molar-refractivity contribution < 1.29 is 9.53 Å². The molecule has 8 aromatic rings. The van der Waals surface area contributed by atoms with E-state index in [2.05, 4.69) is 60.9 Å². The molecule has 294 valence electrons. The Balaban J connectivity index is 0.960. The zero-order valence-electron chi connectivity index (χ0n) is 32.0. The fourth-order valence-electron chi connectivity index (χ4n) is 7.20. The van der Waals surface area contributed by atoms with Crippen molar-refractivity contribution in [3.05, 3.63) is 120 Å². The van der Waals surface area contributed by atoms with Gasteiger partial charge in [0.15, 0.2) is 5.11 Å². The van der Waals surface area contributed by atoms with Gasteiger partial charge in [-0.25, -0.2) is 24.7 Å². The lowest BCUT2D eigenvalue weighted by molar-refractivity contribution is 0.198. The first kappa shape index (κ1) is 38.3. The van der Waals surface area contributed by atoms with Crippen LogP contribution in [-0.2, 0) is 4.74 Å². The van der Waals surface area contributed by atoms with Crippen molar-refractivity contribution in [1.29, 1.82) is 0 Å². The third kappa shape index (κ3) is 8.50. The van der Waals surface area contributed by atoms with E-state index < -0.39 is 0 Å². The molecule has 1 aliphatic rings. The first-order valence-electron chi connectivity index (χ1n) is 19.2. The van der Waals surface area contributed by atoms with Gasteiger partial charge in [-0.15, -0.1) is 22.7 Å². The van der Waals surface area contributed by atoms with E-state index in [-0.39, 0.29) is 11.9 Å². The van der Waals surface area contributed by atoms with Gasteiger partial charge in [-0.05, 0) is 114 Å². The van der Waals surface area contributed by atoms with E-state index in [1.807, 2.05) is 66.9 Å². The zero-order valence-corrected chi connectivity index (χ0v) is 34.4. The van der Waals surface area contributed by atoms with Crippen LogP contribution in [0.4, 0.5) is 16.2 Å². The van der Waals surface area contributed by atoms with Crippen molar-refractivity contribution >= 4 is 79.5 Å². The molecule has 1 saturated heterocycles. The Kier molecular flexibility index (Phi) is 11.2. The minimum absolute atomic E-state index is 0.205. The van der Waals surface area contributed by atoms with Gasteiger partial charge >= 0.3 is 6.03 Å². The van der Waals surface area contributed by atoms with Crippen molar-refractivity contribution in [2.24, 2.45) is 0 Å². The summed E-state index contributed by atoms with van der Waals surface area (Å²) in [6.45, 7) is 2.40. The fourth-order valence-corrected chi connectivity index (χ4v) is 8.92. The number of rotatable bonds is 10. The molecule has 1 aliphatic heterocycles. The van der Waals surface area contributed by atoms with Crippen LogP contribution >= 0.6 is 34.9 Å². The molecule has 0 aliphatic carbocycles. The topological polar surface area (TPSA) is 143 Å². The highest BCUT2D eigenvalue weighted by Crippen LogP contribution is 2.37. The molecule has 0 spiro atoms. The number of nitrogens with one attached hydrogen (secondary N) is 3. The average Bonchev–Trinajstić information content (AvgIpc) is 4.02. The van der Waals surface area contributed by atoms with Gasteiger partial charge in [0.2, 0.25) is 0 Å². The summed E-state index contributed by atoms with van der Waals surface area (Å²) in [5.41, 5.74) is 9.91. The van der Waals surface area contributed by atoms with Gasteiger partial charge in [-0.3, -0.25) is 9.97 Å². The standard InChI is InChI=1S/C44H38N10O2S3/c1-56-20-18-47-43(55)48-29-11-13-31-34(24-29)52-40(39(50-31)33-8-2-3-16-45-33)36-23-27(15-17-46-36)28-7-4-19-54(26-28)44(57)49-30-12-14-32-35(25-30)53-42(38-10-6-22-59-38)41(51-32)37-9-5-21-58-37/h2-3,5-6,8-17,21-25,28H,4,7,18-20,26H2,1H3,(H,49,57)(H2,47,48,55). The number of carbonyl (C=O) groups excluding carboxylic acids is 1. The Bertz CT molecular complexity index is 2770.